The van der Waals surface area contributed by atoms with E-state index >= 15 is 0 Å². The van der Waals surface area contributed by atoms with Crippen LogP contribution in [-0.4, -0.2) is 23.5 Å². The van der Waals surface area contributed by atoms with Gasteiger partial charge in [0.05, 0.1) is 4.47 Å². The number of halogens is 2. The summed E-state index contributed by atoms with van der Waals surface area (Å²) in [5.74, 6) is -1.71. The molecule has 0 radical (unpaired) electrons. The molecule has 0 aliphatic carbocycles. The van der Waals surface area contributed by atoms with Gasteiger partial charge < -0.3 is 10.4 Å². The lowest BCUT2D eigenvalue weighted by atomic mass is 10.2. The third kappa shape index (κ3) is 4.83. The van der Waals surface area contributed by atoms with Crippen molar-refractivity contribution in [1.82, 2.24) is 5.32 Å². The molecule has 1 amide bonds. The van der Waals surface area contributed by atoms with Crippen molar-refractivity contribution in [2.24, 2.45) is 0 Å². The second-order valence-electron chi connectivity index (χ2n) is 3.74. The summed E-state index contributed by atoms with van der Waals surface area (Å²) in [4.78, 5) is 21.8. The van der Waals surface area contributed by atoms with Gasteiger partial charge in [-0.1, -0.05) is 0 Å². The molecule has 98 valence electrons. The molecular weight excluding hydrogens is 305 g/mol. The van der Waals surface area contributed by atoms with E-state index in [2.05, 4.69) is 21.2 Å². The highest BCUT2D eigenvalue weighted by atomic mass is 79.9. The van der Waals surface area contributed by atoms with E-state index in [1.165, 1.54) is 12.1 Å². The summed E-state index contributed by atoms with van der Waals surface area (Å²) in [5, 5.41) is 11.0. The quantitative estimate of drug-likeness (QED) is 0.792. The highest BCUT2D eigenvalue weighted by molar-refractivity contribution is 9.10. The van der Waals surface area contributed by atoms with Gasteiger partial charge in [0.2, 0.25) is 0 Å². The minimum atomic E-state index is -0.851. The van der Waals surface area contributed by atoms with E-state index in [1.807, 2.05) is 0 Å². The molecule has 0 atom stereocenters. The maximum atomic E-state index is 13.2. The molecule has 4 nitrogen and oxygen atoms in total. The first-order valence-corrected chi connectivity index (χ1v) is 6.25. The molecule has 0 saturated carbocycles. The van der Waals surface area contributed by atoms with Crippen LogP contribution in [-0.2, 0) is 4.79 Å². The van der Waals surface area contributed by atoms with Gasteiger partial charge in [-0.05, 0) is 47.0 Å². The Balaban J connectivity index is 2.36. The number of carbonyl (C=O) groups is 2. The maximum Gasteiger partial charge on any atom is 0.303 e. The molecule has 0 fully saturated rings. The summed E-state index contributed by atoms with van der Waals surface area (Å²) in [5.41, 5.74) is 0.244. The third-order valence-corrected chi connectivity index (χ3v) is 2.93. The van der Waals surface area contributed by atoms with Gasteiger partial charge in [-0.3, -0.25) is 9.59 Å². The summed E-state index contributed by atoms with van der Waals surface area (Å²) in [6.07, 6.45) is 1.17. The van der Waals surface area contributed by atoms with Crippen LogP contribution >= 0.6 is 15.9 Å². The second-order valence-corrected chi connectivity index (χ2v) is 4.59. The van der Waals surface area contributed by atoms with Crippen molar-refractivity contribution in [1.29, 1.82) is 0 Å². The zero-order valence-electron chi connectivity index (χ0n) is 9.58. The van der Waals surface area contributed by atoms with E-state index in [-0.39, 0.29) is 17.9 Å². The minimum absolute atomic E-state index is 0.0861. The second kappa shape index (κ2) is 7.10. The molecule has 0 aliphatic heterocycles. The number of hydrogen-bond donors (Lipinski definition) is 2. The van der Waals surface area contributed by atoms with E-state index < -0.39 is 11.8 Å². The number of benzene rings is 1. The Labute approximate surface area is 112 Å². The SMILES string of the molecule is O=C(O)CCCCNC(=O)c1ccc(Br)c(F)c1. The summed E-state index contributed by atoms with van der Waals surface area (Å²) in [6, 6.07) is 4.13. The molecule has 0 unspecified atom stereocenters. The maximum absolute atomic E-state index is 13.2. The van der Waals surface area contributed by atoms with Gasteiger partial charge in [0, 0.05) is 18.5 Å². The van der Waals surface area contributed by atoms with Crippen LogP contribution in [0.25, 0.3) is 0 Å². The molecule has 0 saturated heterocycles. The number of amides is 1. The van der Waals surface area contributed by atoms with Crippen molar-refractivity contribution in [3.05, 3.63) is 34.1 Å². The minimum Gasteiger partial charge on any atom is -0.481 e. The van der Waals surface area contributed by atoms with E-state index in [4.69, 9.17) is 5.11 Å². The standard InChI is InChI=1S/C12H13BrFNO3/c13-9-5-4-8(7-10(9)14)12(18)15-6-2-1-3-11(16)17/h4-5,7H,1-3,6H2,(H,15,18)(H,16,17). The summed E-state index contributed by atoms with van der Waals surface area (Å²) < 4.78 is 13.5. The number of carboxylic acids is 1. The molecular formula is C12H13BrFNO3. The van der Waals surface area contributed by atoms with E-state index in [1.54, 1.807) is 0 Å². The number of nitrogens with one attached hydrogen (secondary N) is 1. The van der Waals surface area contributed by atoms with Gasteiger partial charge in [0.15, 0.2) is 0 Å². The third-order valence-electron chi connectivity index (χ3n) is 2.28. The molecule has 1 rings (SSSR count). The molecule has 0 aromatic heterocycles. The molecule has 6 heteroatoms. The van der Waals surface area contributed by atoms with Crippen LogP contribution < -0.4 is 5.32 Å². The Kier molecular flexibility index (Phi) is 5.77. The van der Waals surface area contributed by atoms with Gasteiger partial charge in [-0.2, -0.15) is 0 Å². The lowest BCUT2D eigenvalue weighted by molar-refractivity contribution is -0.137. The van der Waals surface area contributed by atoms with Gasteiger partial charge in [-0.25, -0.2) is 4.39 Å². The Bertz CT molecular complexity index is 451. The smallest absolute Gasteiger partial charge is 0.303 e. The molecule has 0 heterocycles. The van der Waals surface area contributed by atoms with Crippen LogP contribution in [0, 0.1) is 5.82 Å². The van der Waals surface area contributed by atoms with E-state index in [0.717, 1.165) is 6.07 Å². The first-order valence-electron chi connectivity index (χ1n) is 5.45. The largest absolute Gasteiger partial charge is 0.481 e. The van der Waals surface area contributed by atoms with E-state index in [9.17, 15) is 14.0 Å². The fraction of sp³-hybridized carbons (Fsp3) is 0.333. The van der Waals surface area contributed by atoms with Crippen molar-refractivity contribution < 1.29 is 19.1 Å². The van der Waals surface area contributed by atoms with Gasteiger partial charge in [-0.15, -0.1) is 0 Å². The number of aliphatic carboxylic acids is 1. The molecule has 0 spiro atoms. The Morgan fingerprint density at radius 2 is 2.06 bits per heavy atom. The number of unbranched alkanes of at least 4 members (excludes halogenated alkanes) is 1. The van der Waals surface area contributed by atoms with Crippen LogP contribution in [0.4, 0.5) is 4.39 Å². The monoisotopic (exact) mass is 317 g/mol. The number of carbonyl (C=O) groups excluding carboxylic acids is 1. The molecule has 1 aromatic rings. The molecule has 18 heavy (non-hydrogen) atoms. The summed E-state index contributed by atoms with van der Waals surface area (Å²) in [6.45, 7) is 0.379. The normalized spacial score (nSPS) is 10.1. The predicted octanol–water partition coefficient (Wildman–Crippen LogP) is 2.57. The molecule has 2 N–H and O–H groups in total. The van der Waals surface area contributed by atoms with Crippen LogP contribution in [0.3, 0.4) is 0 Å². The fourth-order valence-corrected chi connectivity index (χ4v) is 1.59. The van der Waals surface area contributed by atoms with Crippen molar-refractivity contribution in [2.75, 3.05) is 6.54 Å². The fourth-order valence-electron chi connectivity index (χ4n) is 1.34. The van der Waals surface area contributed by atoms with Crippen LogP contribution in [0.1, 0.15) is 29.6 Å². The average Bonchev–Trinajstić information content (AvgIpc) is 2.31. The number of rotatable bonds is 6. The highest BCUT2D eigenvalue weighted by Gasteiger charge is 2.08. The molecule has 0 bridgehead atoms. The molecule has 1 aromatic carbocycles. The van der Waals surface area contributed by atoms with Crippen molar-refractivity contribution in [2.45, 2.75) is 19.3 Å². The Hall–Kier alpha value is -1.43. The summed E-state index contributed by atoms with van der Waals surface area (Å²) >= 11 is 3.00. The highest BCUT2D eigenvalue weighted by Crippen LogP contribution is 2.16. The zero-order chi connectivity index (χ0) is 13.5. The lowest BCUT2D eigenvalue weighted by Gasteiger charge is -2.05. The first kappa shape index (κ1) is 14.6. The van der Waals surface area contributed by atoms with E-state index in [0.29, 0.717) is 23.9 Å². The van der Waals surface area contributed by atoms with Gasteiger partial charge >= 0.3 is 5.97 Å². The predicted molar refractivity (Wildman–Crippen MR) is 67.9 cm³/mol. The Morgan fingerprint density at radius 3 is 2.67 bits per heavy atom. The first-order chi connectivity index (χ1) is 8.50. The van der Waals surface area contributed by atoms with Crippen LogP contribution in [0.5, 0.6) is 0 Å². The number of carboxylic acid groups (broad SMARTS) is 1. The summed E-state index contributed by atoms with van der Waals surface area (Å²) in [7, 11) is 0. The molecule has 0 aliphatic rings. The van der Waals surface area contributed by atoms with Crippen molar-refractivity contribution in [3.8, 4) is 0 Å². The zero-order valence-corrected chi connectivity index (χ0v) is 11.2. The van der Waals surface area contributed by atoms with Crippen LogP contribution in [0.2, 0.25) is 0 Å². The average molecular weight is 318 g/mol. The van der Waals surface area contributed by atoms with Gasteiger partial charge in [0.25, 0.3) is 5.91 Å². The Morgan fingerprint density at radius 1 is 1.33 bits per heavy atom. The lowest BCUT2D eigenvalue weighted by Crippen LogP contribution is -2.24. The van der Waals surface area contributed by atoms with Crippen LogP contribution in [0.15, 0.2) is 22.7 Å². The van der Waals surface area contributed by atoms with Gasteiger partial charge in [0.1, 0.15) is 5.82 Å². The number of hydrogen-bond acceptors (Lipinski definition) is 2. The topological polar surface area (TPSA) is 66.4 Å². The van der Waals surface area contributed by atoms with Crippen molar-refractivity contribution in [3.63, 3.8) is 0 Å². The van der Waals surface area contributed by atoms with Crippen molar-refractivity contribution >= 4 is 27.8 Å².